The molecule has 1 aromatic carbocycles. The summed E-state index contributed by atoms with van der Waals surface area (Å²) in [5.74, 6) is 0.289. The molecule has 0 amide bonds. The summed E-state index contributed by atoms with van der Waals surface area (Å²) in [6.07, 6.45) is 3.56. The van der Waals surface area contributed by atoms with Crippen LogP contribution in [0.5, 0.6) is 0 Å². The van der Waals surface area contributed by atoms with Crippen LogP contribution in [0.1, 0.15) is 12.0 Å². The number of fused-ring (bicyclic) bond motifs is 1. The Morgan fingerprint density at radius 2 is 2.28 bits per heavy atom. The third kappa shape index (κ3) is 2.26. The van der Waals surface area contributed by atoms with Gasteiger partial charge in [-0.15, -0.1) is 0 Å². The predicted molar refractivity (Wildman–Crippen MR) is 74.0 cm³/mol. The fraction of sp³-hybridized carbons (Fsp3) is 0.429. The molecule has 0 spiro atoms. The molecule has 3 nitrogen and oxygen atoms in total. The number of hydrogen-bond acceptors (Lipinski definition) is 2. The standard InChI is InChI=1S/C14H17ClN2O/c15-11-1-2-13-12(6-11)9(8-17-13)5-10-7-16-4-3-14(10)18/h1-2,6,8,10,14,16-18H,3-5,7H2. The molecule has 2 aromatic rings. The highest BCUT2D eigenvalue weighted by Crippen LogP contribution is 2.26. The molecule has 1 aliphatic heterocycles. The summed E-state index contributed by atoms with van der Waals surface area (Å²) in [7, 11) is 0. The number of rotatable bonds is 2. The Bertz CT molecular complexity index is 552. The zero-order valence-electron chi connectivity index (χ0n) is 10.1. The van der Waals surface area contributed by atoms with Gasteiger partial charge in [0, 0.05) is 34.6 Å². The number of benzene rings is 1. The van der Waals surface area contributed by atoms with Gasteiger partial charge in [0.1, 0.15) is 0 Å². The molecule has 0 aliphatic carbocycles. The number of aromatic amines is 1. The SMILES string of the molecule is OC1CCNCC1Cc1c[nH]c2ccc(Cl)cc12. The lowest BCUT2D eigenvalue weighted by molar-refractivity contribution is 0.0793. The average Bonchev–Trinajstić information content (AvgIpc) is 2.75. The lowest BCUT2D eigenvalue weighted by atomic mass is 9.89. The second kappa shape index (κ2) is 4.92. The Labute approximate surface area is 111 Å². The highest BCUT2D eigenvalue weighted by atomic mass is 35.5. The lowest BCUT2D eigenvalue weighted by Crippen LogP contribution is -2.40. The van der Waals surface area contributed by atoms with Gasteiger partial charge in [-0.1, -0.05) is 11.6 Å². The summed E-state index contributed by atoms with van der Waals surface area (Å²) in [5, 5.41) is 15.3. The molecule has 4 heteroatoms. The van der Waals surface area contributed by atoms with Crippen molar-refractivity contribution in [2.45, 2.75) is 18.9 Å². The minimum atomic E-state index is -0.199. The molecular formula is C14H17ClN2O. The molecule has 3 rings (SSSR count). The summed E-state index contributed by atoms with van der Waals surface area (Å²) in [6, 6.07) is 5.88. The molecule has 1 aromatic heterocycles. The fourth-order valence-corrected chi connectivity index (χ4v) is 2.89. The maximum atomic E-state index is 10.0. The average molecular weight is 265 g/mol. The van der Waals surface area contributed by atoms with E-state index in [0.29, 0.717) is 0 Å². The molecule has 0 bridgehead atoms. The number of aromatic nitrogens is 1. The number of aliphatic hydroxyl groups is 1. The summed E-state index contributed by atoms with van der Waals surface area (Å²) < 4.78 is 0. The quantitative estimate of drug-likeness (QED) is 0.780. The zero-order chi connectivity index (χ0) is 12.5. The van der Waals surface area contributed by atoms with Crippen molar-refractivity contribution in [1.82, 2.24) is 10.3 Å². The number of halogens is 1. The van der Waals surface area contributed by atoms with Gasteiger partial charge in [0.25, 0.3) is 0 Å². The van der Waals surface area contributed by atoms with Gasteiger partial charge in [0.05, 0.1) is 6.10 Å². The van der Waals surface area contributed by atoms with E-state index in [1.54, 1.807) is 0 Å². The smallest absolute Gasteiger partial charge is 0.0595 e. The Morgan fingerprint density at radius 1 is 1.39 bits per heavy atom. The van der Waals surface area contributed by atoms with Crippen LogP contribution in [0.3, 0.4) is 0 Å². The highest BCUT2D eigenvalue weighted by molar-refractivity contribution is 6.31. The van der Waals surface area contributed by atoms with Gasteiger partial charge in [0.15, 0.2) is 0 Å². The van der Waals surface area contributed by atoms with Crippen LogP contribution in [-0.4, -0.2) is 29.3 Å². The van der Waals surface area contributed by atoms with Crippen LogP contribution in [-0.2, 0) is 6.42 Å². The molecular weight excluding hydrogens is 248 g/mol. The Morgan fingerprint density at radius 3 is 3.11 bits per heavy atom. The van der Waals surface area contributed by atoms with E-state index in [0.717, 1.165) is 36.5 Å². The first kappa shape index (κ1) is 12.0. The molecule has 2 atom stereocenters. The van der Waals surface area contributed by atoms with E-state index in [-0.39, 0.29) is 12.0 Å². The number of aliphatic hydroxyl groups excluding tert-OH is 1. The highest BCUT2D eigenvalue weighted by Gasteiger charge is 2.23. The van der Waals surface area contributed by atoms with Gasteiger partial charge in [-0.25, -0.2) is 0 Å². The number of piperidine rings is 1. The summed E-state index contributed by atoms with van der Waals surface area (Å²) in [6.45, 7) is 1.80. The van der Waals surface area contributed by atoms with E-state index < -0.39 is 0 Å². The van der Waals surface area contributed by atoms with Crippen LogP contribution in [0, 0.1) is 5.92 Å². The number of H-pyrrole nitrogens is 1. The minimum Gasteiger partial charge on any atom is -0.393 e. The second-order valence-corrected chi connectivity index (χ2v) is 5.46. The molecule has 2 heterocycles. The van der Waals surface area contributed by atoms with Crippen LogP contribution in [0.2, 0.25) is 5.02 Å². The van der Waals surface area contributed by atoms with Gasteiger partial charge in [-0.3, -0.25) is 0 Å². The Hall–Kier alpha value is -1.03. The number of hydrogen-bond donors (Lipinski definition) is 3. The van der Waals surface area contributed by atoms with Gasteiger partial charge < -0.3 is 15.4 Å². The van der Waals surface area contributed by atoms with Crippen LogP contribution in [0.25, 0.3) is 10.9 Å². The predicted octanol–water partition coefficient (Wildman–Crippen LogP) is 2.33. The third-order valence-electron chi connectivity index (χ3n) is 3.78. The zero-order valence-corrected chi connectivity index (χ0v) is 10.9. The molecule has 1 saturated heterocycles. The Balaban J connectivity index is 1.87. The van der Waals surface area contributed by atoms with Crippen LogP contribution < -0.4 is 5.32 Å². The van der Waals surface area contributed by atoms with Crippen molar-refractivity contribution in [2.75, 3.05) is 13.1 Å². The first-order valence-corrected chi connectivity index (χ1v) is 6.76. The maximum absolute atomic E-state index is 10.0. The monoisotopic (exact) mass is 264 g/mol. The van der Waals surface area contributed by atoms with E-state index in [1.165, 1.54) is 10.9 Å². The normalized spacial score (nSPS) is 24.6. The summed E-state index contributed by atoms with van der Waals surface area (Å²) in [4.78, 5) is 3.26. The van der Waals surface area contributed by atoms with Gasteiger partial charge in [0.2, 0.25) is 0 Å². The number of nitrogens with one attached hydrogen (secondary N) is 2. The molecule has 2 unspecified atom stereocenters. The largest absolute Gasteiger partial charge is 0.393 e. The van der Waals surface area contributed by atoms with E-state index >= 15 is 0 Å². The van der Waals surface area contributed by atoms with Crippen LogP contribution >= 0.6 is 11.6 Å². The molecule has 1 aliphatic rings. The van der Waals surface area contributed by atoms with E-state index in [2.05, 4.69) is 10.3 Å². The molecule has 96 valence electrons. The van der Waals surface area contributed by atoms with E-state index in [1.807, 2.05) is 24.4 Å². The van der Waals surface area contributed by atoms with Crippen molar-refractivity contribution < 1.29 is 5.11 Å². The molecule has 1 fully saturated rings. The lowest BCUT2D eigenvalue weighted by Gasteiger charge is -2.28. The van der Waals surface area contributed by atoms with Crippen molar-refractivity contribution in [2.24, 2.45) is 5.92 Å². The van der Waals surface area contributed by atoms with Gasteiger partial charge in [-0.05, 0) is 43.1 Å². The first-order valence-electron chi connectivity index (χ1n) is 6.38. The summed E-state index contributed by atoms with van der Waals surface area (Å²) >= 11 is 6.04. The topological polar surface area (TPSA) is 48.0 Å². The van der Waals surface area contributed by atoms with Gasteiger partial charge in [-0.2, -0.15) is 0 Å². The summed E-state index contributed by atoms with van der Waals surface area (Å²) in [5.41, 5.74) is 2.34. The third-order valence-corrected chi connectivity index (χ3v) is 4.01. The molecule has 18 heavy (non-hydrogen) atoms. The first-order chi connectivity index (χ1) is 8.74. The molecule has 3 N–H and O–H groups in total. The van der Waals surface area contributed by atoms with Crippen molar-refractivity contribution in [3.8, 4) is 0 Å². The second-order valence-electron chi connectivity index (χ2n) is 5.03. The fourth-order valence-electron chi connectivity index (χ4n) is 2.72. The maximum Gasteiger partial charge on any atom is 0.0595 e. The minimum absolute atomic E-state index is 0.199. The van der Waals surface area contributed by atoms with Crippen molar-refractivity contribution in [3.05, 3.63) is 35.0 Å². The van der Waals surface area contributed by atoms with Crippen LogP contribution in [0.4, 0.5) is 0 Å². The molecule has 0 radical (unpaired) electrons. The van der Waals surface area contributed by atoms with Crippen LogP contribution in [0.15, 0.2) is 24.4 Å². The van der Waals surface area contributed by atoms with Gasteiger partial charge >= 0.3 is 0 Å². The van der Waals surface area contributed by atoms with E-state index in [4.69, 9.17) is 11.6 Å². The van der Waals surface area contributed by atoms with Crippen molar-refractivity contribution in [1.29, 1.82) is 0 Å². The molecule has 0 saturated carbocycles. The van der Waals surface area contributed by atoms with Crippen molar-refractivity contribution in [3.63, 3.8) is 0 Å². The Kier molecular flexibility index (Phi) is 3.29. The van der Waals surface area contributed by atoms with E-state index in [9.17, 15) is 5.11 Å². The van der Waals surface area contributed by atoms with Crippen molar-refractivity contribution >= 4 is 22.5 Å².